The molecule has 3 N–H and O–H groups in total. The minimum Gasteiger partial charge on any atom is -0.348 e. The van der Waals surface area contributed by atoms with Crippen molar-refractivity contribution in [2.45, 2.75) is 39.3 Å². The van der Waals surface area contributed by atoms with Crippen molar-refractivity contribution in [3.8, 4) is 0 Å². The second kappa shape index (κ2) is 6.76. The van der Waals surface area contributed by atoms with Gasteiger partial charge < -0.3 is 11.1 Å². The van der Waals surface area contributed by atoms with Gasteiger partial charge in [-0.05, 0) is 30.0 Å². The normalized spacial score (nSPS) is 14.3. The molecule has 1 unspecified atom stereocenters. The molecular formula is C14H21ClN2O. The van der Waals surface area contributed by atoms with Crippen LogP contribution in [0.15, 0.2) is 24.3 Å². The van der Waals surface area contributed by atoms with Crippen molar-refractivity contribution in [3.63, 3.8) is 0 Å². The van der Waals surface area contributed by atoms with Crippen LogP contribution in [0.1, 0.15) is 38.8 Å². The molecule has 0 aliphatic heterocycles. The maximum Gasteiger partial charge on any atom is 0.237 e. The number of nitrogens with two attached hydrogens (primary N) is 1. The molecule has 2 atom stereocenters. The minimum absolute atomic E-state index is 0.0348. The Morgan fingerprint density at radius 1 is 1.33 bits per heavy atom. The first-order valence-electron chi connectivity index (χ1n) is 6.27. The van der Waals surface area contributed by atoms with Gasteiger partial charge in [0, 0.05) is 5.02 Å². The van der Waals surface area contributed by atoms with Crippen LogP contribution in [0.4, 0.5) is 0 Å². The lowest BCUT2D eigenvalue weighted by Crippen LogP contribution is -2.43. The van der Waals surface area contributed by atoms with E-state index in [9.17, 15) is 4.79 Å². The van der Waals surface area contributed by atoms with E-state index in [1.807, 2.05) is 31.2 Å². The van der Waals surface area contributed by atoms with Crippen LogP contribution in [0.25, 0.3) is 0 Å². The zero-order valence-electron chi connectivity index (χ0n) is 11.1. The minimum atomic E-state index is -0.446. The van der Waals surface area contributed by atoms with Gasteiger partial charge in [-0.2, -0.15) is 0 Å². The Kier molecular flexibility index (Phi) is 5.63. The molecule has 0 aliphatic carbocycles. The van der Waals surface area contributed by atoms with Crippen LogP contribution in [-0.2, 0) is 4.79 Å². The summed E-state index contributed by atoms with van der Waals surface area (Å²) in [4.78, 5) is 11.9. The number of hydrogen-bond donors (Lipinski definition) is 2. The molecule has 0 aromatic heterocycles. The van der Waals surface area contributed by atoms with Crippen LogP contribution in [-0.4, -0.2) is 11.9 Å². The first-order chi connectivity index (χ1) is 8.45. The highest BCUT2D eigenvalue weighted by Crippen LogP contribution is 2.23. The van der Waals surface area contributed by atoms with Gasteiger partial charge in [-0.15, -0.1) is 0 Å². The quantitative estimate of drug-likeness (QED) is 0.863. The fraction of sp³-hybridized carbons (Fsp3) is 0.500. The molecule has 1 rings (SSSR count). The Bertz CT molecular complexity index is 389. The summed E-state index contributed by atoms with van der Waals surface area (Å²) >= 11 is 5.87. The molecule has 0 spiro atoms. The van der Waals surface area contributed by atoms with Gasteiger partial charge >= 0.3 is 0 Å². The summed E-state index contributed by atoms with van der Waals surface area (Å²) < 4.78 is 0. The Labute approximate surface area is 114 Å². The highest BCUT2D eigenvalue weighted by molar-refractivity contribution is 6.30. The maximum absolute atomic E-state index is 11.9. The molecule has 1 aromatic carbocycles. The van der Waals surface area contributed by atoms with Crippen LogP contribution in [0, 0.1) is 5.92 Å². The zero-order chi connectivity index (χ0) is 13.7. The Morgan fingerprint density at radius 3 is 2.33 bits per heavy atom. The largest absolute Gasteiger partial charge is 0.348 e. The summed E-state index contributed by atoms with van der Waals surface area (Å²) in [6.07, 6.45) is 0.636. The van der Waals surface area contributed by atoms with Crippen molar-refractivity contribution < 1.29 is 4.79 Å². The molecule has 3 nitrogen and oxygen atoms in total. The number of hydrogen-bond acceptors (Lipinski definition) is 2. The fourth-order valence-corrected chi connectivity index (χ4v) is 1.88. The van der Waals surface area contributed by atoms with Crippen molar-refractivity contribution in [2.24, 2.45) is 11.7 Å². The van der Waals surface area contributed by atoms with Crippen LogP contribution < -0.4 is 11.1 Å². The molecule has 0 heterocycles. The predicted molar refractivity (Wildman–Crippen MR) is 75.4 cm³/mol. The fourth-order valence-electron chi connectivity index (χ4n) is 1.75. The van der Waals surface area contributed by atoms with Crippen molar-refractivity contribution in [3.05, 3.63) is 34.9 Å². The molecule has 100 valence electrons. The highest BCUT2D eigenvalue weighted by Gasteiger charge is 2.20. The van der Waals surface area contributed by atoms with Crippen LogP contribution in [0.5, 0.6) is 0 Å². The van der Waals surface area contributed by atoms with Gasteiger partial charge in [0.25, 0.3) is 0 Å². The van der Waals surface area contributed by atoms with Crippen molar-refractivity contribution in [1.29, 1.82) is 0 Å². The van der Waals surface area contributed by atoms with Crippen molar-refractivity contribution >= 4 is 17.5 Å². The van der Waals surface area contributed by atoms with Crippen molar-refractivity contribution in [2.75, 3.05) is 0 Å². The van der Waals surface area contributed by atoms with Gasteiger partial charge in [0.15, 0.2) is 0 Å². The number of rotatable bonds is 5. The molecule has 0 fully saturated rings. The zero-order valence-corrected chi connectivity index (χ0v) is 11.9. The van der Waals surface area contributed by atoms with Crippen molar-refractivity contribution in [1.82, 2.24) is 5.32 Å². The van der Waals surface area contributed by atoms with Gasteiger partial charge in [-0.1, -0.05) is 44.5 Å². The monoisotopic (exact) mass is 268 g/mol. The van der Waals surface area contributed by atoms with E-state index in [0.717, 1.165) is 5.56 Å². The van der Waals surface area contributed by atoms with E-state index in [-0.39, 0.29) is 11.9 Å². The molecule has 0 aliphatic rings. The molecule has 0 saturated heterocycles. The number of halogens is 1. The highest BCUT2D eigenvalue weighted by atomic mass is 35.5. The van der Waals surface area contributed by atoms with Gasteiger partial charge in [-0.3, -0.25) is 4.79 Å². The number of carbonyl (C=O) groups excluding carboxylic acids is 1. The molecule has 4 heteroatoms. The first kappa shape index (κ1) is 15.0. The summed E-state index contributed by atoms with van der Waals surface area (Å²) in [5, 5.41) is 3.69. The molecular weight excluding hydrogens is 248 g/mol. The average Bonchev–Trinajstić information content (AvgIpc) is 2.35. The molecule has 18 heavy (non-hydrogen) atoms. The standard InChI is InChI=1S/C14H21ClN2O/c1-4-12(16)14(18)17-13(9(2)3)10-5-7-11(15)8-6-10/h5-9,12-13H,4,16H2,1-3H3,(H,17,18)/t12-,13?/m0/s1. The second-order valence-electron chi connectivity index (χ2n) is 4.80. The molecule has 0 saturated carbocycles. The van der Waals surface area contributed by atoms with Gasteiger partial charge in [0.2, 0.25) is 5.91 Å². The number of benzene rings is 1. The van der Waals surface area contributed by atoms with E-state index in [2.05, 4.69) is 19.2 Å². The van der Waals surface area contributed by atoms with E-state index in [1.54, 1.807) is 0 Å². The summed E-state index contributed by atoms with van der Waals surface area (Å²) in [5.74, 6) is 0.185. The van der Waals surface area contributed by atoms with Gasteiger partial charge in [0.05, 0.1) is 12.1 Å². The summed E-state index contributed by atoms with van der Waals surface area (Å²) in [6.45, 7) is 6.03. The van der Waals surface area contributed by atoms with E-state index in [1.165, 1.54) is 0 Å². The SMILES string of the molecule is CC[C@H](N)C(=O)NC(c1ccc(Cl)cc1)C(C)C. The number of carbonyl (C=O) groups is 1. The average molecular weight is 269 g/mol. The lowest BCUT2D eigenvalue weighted by molar-refractivity contribution is -0.123. The predicted octanol–water partition coefficient (Wildman–Crippen LogP) is 2.89. The third kappa shape index (κ3) is 4.00. The summed E-state index contributed by atoms with van der Waals surface area (Å²) in [5.41, 5.74) is 6.78. The molecule has 0 bridgehead atoms. The third-order valence-electron chi connectivity index (χ3n) is 2.97. The molecule has 0 radical (unpaired) electrons. The topological polar surface area (TPSA) is 55.1 Å². The maximum atomic E-state index is 11.9. The molecule has 1 amide bonds. The van der Waals surface area contributed by atoms with Crippen LogP contribution >= 0.6 is 11.6 Å². The van der Waals surface area contributed by atoms with E-state index >= 15 is 0 Å². The van der Waals surface area contributed by atoms with E-state index in [0.29, 0.717) is 17.4 Å². The Balaban J connectivity index is 2.83. The van der Waals surface area contributed by atoms with E-state index in [4.69, 9.17) is 17.3 Å². The van der Waals surface area contributed by atoms with Crippen LogP contribution in [0.3, 0.4) is 0 Å². The number of amides is 1. The summed E-state index contributed by atoms with van der Waals surface area (Å²) in [7, 11) is 0. The smallest absolute Gasteiger partial charge is 0.237 e. The Hall–Kier alpha value is -1.06. The lowest BCUT2D eigenvalue weighted by Gasteiger charge is -2.24. The second-order valence-corrected chi connectivity index (χ2v) is 5.23. The van der Waals surface area contributed by atoms with Gasteiger partial charge in [0.1, 0.15) is 0 Å². The molecule has 1 aromatic rings. The Morgan fingerprint density at radius 2 is 1.89 bits per heavy atom. The van der Waals surface area contributed by atoms with Gasteiger partial charge in [-0.25, -0.2) is 0 Å². The number of nitrogens with one attached hydrogen (secondary N) is 1. The first-order valence-corrected chi connectivity index (χ1v) is 6.65. The third-order valence-corrected chi connectivity index (χ3v) is 3.22. The summed E-state index contributed by atoms with van der Waals surface area (Å²) in [6, 6.07) is 7.05. The van der Waals surface area contributed by atoms with Crippen LogP contribution in [0.2, 0.25) is 5.02 Å². The lowest BCUT2D eigenvalue weighted by atomic mass is 9.95. The van der Waals surface area contributed by atoms with E-state index < -0.39 is 6.04 Å².